The quantitative estimate of drug-likeness (QED) is 0.534. The summed E-state index contributed by atoms with van der Waals surface area (Å²) in [5, 5.41) is 0. The largest absolute Gasteiger partial charge is 0.384 e. The third-order valence-electron chi connectivity index (χ3n) is 0.862. The highest BCUT2D eigenvalue weighted by molar-refractivity contribution is 4.79. The van der Waals surface area contributed by atoms with Gasteiger partial charge in [-0.15, -0.1) is 0 Å². The van der Waals surface area contributed by atoms with Crippen LogP contribution in [0.4, 0.5) is 0 Å². The summed E-state index contributed by atoms with van der Waals surface area (Å²) in [5.41, 5.74) is 0.302. The molecule has 49 valence electrons. The topological polar surface area (TPSA) is 9.23 Å². The molecular formula is C7H15O. The van der Waals surface area contributed by atoms with E-state index in [-0.39, 0.29) is 0 Å². The lowest BCUT2D eigenvalue weighted by atomic mass is 9.93. The molecule has 0 aromatic carbocycles. The van der Waals surface area contributed by atoms with Gasteiger partial charge in [0.05, 0.1) is 0 Å². The molecule has 8 heavy (non-hydrogen) atoms. The van der Waals surface area contributed by atoms with E-state index in [1.807, 2.05) is 0 Å². The van der Waals surface area contributed by atoms with Crippen LogP contribution in [0.3, 0.4) is 0 Å². The maximum atomic E-state index is 4.86. The zero-order chi connectivity index (χ0) is 6.62. The molecule has 0 amide bonds. The first kappa shape index (κ1) is 7.96. The van der Waals surface area contributed by atoms with Gasteiger partial charge in [0.1, 0.15) is 0 Å². The molecule has 0 rings (SSSR count). The third kappa shape index (κ3) is 5.96. The predicted molar refractivity (Wildman–Crippen MR) is 35.6 cm³/mol. The van der Waals surface area contributed by atoms with E-state index in [0.717, 1.165) is 6.61 Å². The lowest BCUT2D eigenvalue weighted by molar-refractivity contribution is 0.203. The van der Waals surface area contributed by atoms with Gasteiger partial charge in [-0.2, -0.15) is 0 Å². The first-order chi connectivity index (χ1) is 3.56. The number of hydrogen-bond acceptors (Lipinski definition) is 1. The second-order valence-corrected chi connectivity index (χ2v) is 3.03. The molecule has 0 aliphatic rings. The molecule has 0 fully saturated rings. The number of rotatable bonds is 2. The van der Waals surface area contributed by atoms with Crippen molar-refractivity contribution in [1.82, 2.24) is 0 Å². The zero-order valence-electron chi connectivity index (χ0n) is 6.19. The number of hydrogen-bond donors (Lipinski definition) is 0. The average Bonchev–Trinajstić information content (AvgIpc) is 1.59. The van der Waals surface area contributed by atoms with Crippen LogP contribution < -0.4 is 0 Å². The van der Waals surface area contributed by atoms with Crippen molar-refractivity contribution >= 4 is 0 Å². The minimum Gasteiger partial charge on any atom is -0.384 e. The Morgan fingerprint density at radius 3 is 2.00 bits per heavy atom. The zero-order valence-corrected chi connectivity index (χ0v) is 6.19. The van der Waals surface area contributed by atoms with E-state index in [9.17, 15) is 0 Å². The van der Waals surface area contributed by atoms with E-state index in [4.69, 9.17) is 4.74 Å². The van der Waals surface area contributed by atoms with Crippen molar-refractivity contribution in [2.75, 3.05) is 13.7 Å². The normalized spacial score (nSPS) is 12.0. The third-order valence-corrected chi connectivity index (χ3v) is 0.862. The van der Waals surface area contributed by atoms with Crippen molar-refractivity contribution in [1.29, 1.82) is 0 Å². The van der Waals surface area contributed by atoms with Gasteiger partial charge >= 0.3 is 0 Å². The van der Waals surface area contributed by atoms with Gasteiger partial charge in [0.2, 0.25) is 0 Å². The van der Waals surface area contributed by atoms with Crippen molar-refractivity contribution in [2.24, 2.45) is 5.41 Å². The van der Waals surface area contributed by atoms with Gasteiger partial charge < -0.3 is 4.74 Å². The minimum atomic E-state index is 0.302. The van der Waals surface area contributed by atoms with Crippen molar-refractivity contribution in [3.63, 3.8) is 0 Å². The fourth-order valence-electron chi connectivity index (χ4n) is 0.333. The molecule has 0 saturated heterocycles. The van der Waals surface area contributed by atoms with Gasteiger partial charge in [-0.3, -0.25) is 0 Å². The fraction of sp³-hybridized carbons (Fsp3) is 0.857. The first-order valence-corrected chi connectivity index (χ1v) is 2.89. The molecule has 0 heterocycles. The maximum absolute atomic E-state index is 4.86. The van der Waals surface area contributed by atoms with Crippen molar-refractivity contribution < 1.29 is 4.74 Å². The van der Waals surface area contributed by atoms with Crippen LogP contribution in [0, 0.1) is 11.8 Å². The Morgan fingerprint density at radius 2 is 1.88 bits per heavy atom. The molecule has 0 bridgehead atoms. The molecule has 0 spiro atoms. The molecule has 0 atom stereocenters. The molecule has 0 N–H and O–H groups in total. The van der Waals surface area contributed by atoms with E-state index >= 15 is 0 Å². The highest BCUT2D eigenvalue weighted by atomic mass is 16.5. The van der Waals surface area contributed by atoms with Crippen LogP contribution in [0.25, 0.3) is 0 Å². The standard InChI is InChI=1S/C7H15O/c1-7(2,3)5-6-8-4/h5H,6H2,1-4H3. The van der Waals surface area contributed by atoms with Crippen LogP contribution in [0.2, 0.25) is 0 Å². The molecule has 0 saturated carbocycles. The van der Waals surface area contributed by atoms with Crippen molar-refractivity contribution in [3.05, 3.63) is 6.42 Å². The molecule has 1 radical (unpaired) electrons. The summed E-state index contributed by atoms with van der Waals surface area (Å²) in [6, 6.07) is 0. The number of ether oxygens (including phenoxy) is 1. The Bertz CT molecular complexity index is 51.9. The summed E-state index contributed by atoms with van der Waals surface area (Å²) in [6.45, 7) is 7.23. The Morgan fingerprint density at radius 1 is 1.38 bits per heavy atom. The van der Waals surface area contributed by atoms with Gasteiger partial charge in [-0.25, -0.2) is 0 Å². The van der Waals surface area contributed by atoms with Crippen LogP contribution >= 0.6 is 0 Å². The van der Waals surface area contributed by atoms with E-state index in [2.05, 4.69) is 27.2 Å². The Kier molecular flexibility index (Phi) is 3.06. The lowest BCUT2D eigenvalue weighted by Gasteiger charge is -2.15. The van der Waals surface area contributed by atoms with Gasteiger partial charge in [0.25, 0.3) is 0 Å². The first-order valence-electron chi connectivity index (χ1n) is 2.89. The highest BCUT2D eigenvalue weighted by Crippen LogP contribution is 2.16. The maximum Gasteiger partial charge on any atom is 0.0499 e. The fourth-order valence-corrected chi connectivity index (χ4v) is 0.333. The smallest absolute Gasteiger partial charge is 0.0499 e. The molecule has 0 aliphatic carbocycles. The summed E-state index contributed by atoms with van der Waals surface area (Å²) in [4.78, 5) is 0. The molecule has 1 heteroatoms. The molecular weight excluding hydrogens is 100 g/mol. The SMILES string of the molecule is COC[CH]C(C)(C)C. The van der Waals surface area contributed by atoms with E-state index in [0.29, 0.717) is 5.41 Å². The summed E-state index contributed by atoms with van der Waals surface area (Å²) in [7, 11) is 1.71. The summed E-state index contributed by atoms with van der Waals surface area (Å²) in [6.07, 6.45) is 2.15. The van der Waals surface area contributed by atoms with E-state index in [1.165, 1.54) is 0 Å². The molecule has 0 aliphatic heterocycles. The molecule has 0 unspecified atom stereocenters. The second kappa shape index (κ2) is 3.08. The van der Waals surface area contributed by atoms with E-state index in [1.54, 1.807) is 7.11 Å². The van der Waals surface area contributed by atoms with Crippen molar-refractivity contribution in [2.45, 2.75) is 20.8 Å². The van der Waals surface area contributed by atoms with E-state index < -0.39 is 0 Å². The average molecular weight is 115 g/mol. The van der Waals surface area contributed by atoms with Crippen molar-refractivity contribution in [3.8, 4) is 0 Å². The van der Waals surface area contributed by atoms with Gasteiger partial charge in [0, 0.05) is 13.7 Å². The molecule has 1 nitrogen and oxygen atoms in total. The predicted octanol–water partition coefficient (Wildman–Crippen LogP) is 1.88. The lowest BCUT2D eigenvalue weighted by Crippen LogP contribution is -2.09. The number of methoxy groups -OCH3 is 1. The Balaban J connectivity index is 3.11. The molecule has 0 aromatic heterocycles. The summed E-state index contributed by atoms with van der Waals surface area (Å²) < 4.78 is 4.86. The Hall–Kier alpha value is -0.0400. The van der Waals surface area contributed by atoms with Gasteiger partial charge in [0.15, 0.2) is 0 Å². The second-order valence-electron chi connectivity index (χ2n) is 3.03. The van der Waals surface area contributed by atoms with Crippen LogP contribution in [0.15, 0.2) is 0 Å². The Labute approximate surface area is 52.0 Å². The van der Waals surface area contributed by atoms with Crippen LogP contribution in [0.1, 0.15) is 20.8 Å². The minimum absolute atomic E-state index is 0.302. The van der Waals surface area contributed by atoms with Gasteiger partial charge in [-0.05, 0) is 11.8 Å². The van der Waals surface area contributed by atoms with Crippen LogP contribution in [-0.2, 0) is 4.74 Å². The summed E-state index contributed by atoms with van der Waals surface area (Å²) in [5.74, 6) is 0. The summed E-state index contributed by atoms with van der Waals surface area (Å²) >= 11 is 0. The van der Waals surface area contributed by atoms with Crippen LogP contribution in [-0.4, -0.2) is 13.7 Å². The molecule has 0 aromatic rings. The van der Waals surface area contributed by atoms with Gasteiger partial charge in [-0.1, -0.05) is 20.8 Å². The monoisotopic (exact) mass is 115 g/mol. The van der Waals surface area contributed by atoms with Crippen LogP contribution in [0.5, 0.6) is 0 Å². The highest BCUT2D eigenvalue weighted by Gasteiger charge is 2.08.